The lowest BCUT2D eigenvalue weighted by atomic mass is 9.94. The van der Waals surface area contributed by atoms with Crippen molar-refractivity contribution in [3.05, 3.63) is 82.9 Å². The minimum absolute atomic E-state index is 0.0781. The minimum Gasteiger partial charge on any atom is -0.348 e. The summed E-state index contributed by atoms with van der Waals surface area (Å²) in [4.78, 5) is 32.3. The number of hydrogen-bond donors (Lipinski definition) is 3. The SMILES string of the molecule is Cc1cc(C)c(NC(=O)CNC(=O)C[C@@H](c2ccccc2)c2ncc[nH]2)c(C)c1. The van der Waals surface area contributed by atoms with E-state index in [1.165, 1.54) is 0 Å². The average molecular weight is 390 g/mol. The second-order valence-corrected chi connectivity index (χ2v) is 7.24. The number of benzene rings is 2. The van der Waals surface area contributed by atoms with Gasteiger partial charge in [-0.05, 0) is 37.5 Å². The van der Waals surface area contributed by atoms with Crippen molar-refractivity contribution >= 4 is 17.5 Å². The number of nitrogens with zero attached hydrogens (tertiary/aromatic N) is 1. The number of amides is 2. The highest BCUT2D eigenvalue weighted by Crippen LogP contribution is 2.25. The van der Waals surface area contributed by atoms with E-state index in [9.17, 15) is 9.59 Å². The van der Waals surface area contributed by atoms with Crippen molar-refractivity contribution in [2.45, 2.75) is 33.1 Å². The predicted octanol–water partition coefficient (Wildman–Crippen LogP) is 3.61. The Hall–Kier alpha value is -3.41. The maximum absolute atomic E-state index is 12.5. The van der Waals surface area contributed by atoms with Gasteiger partial charge in [0, 0.05) is 24.5 Å². The third-order valence-electron chi connectivity index (χ3n) is 4.83. The number of aryl methyl sites for hydroxylation is 3. The van der Waals surface area contributed by atoms with E-state index in [2.05, 4.69) is 20.6 Å². The molecule has 2 aromatic carbocycles. The molecule has 6 nitrogen and oxygen atoms in total. The van der Waals surface area contributed by atoms with Gasteiger partial charge in [0.05, 0.1) is 12.5 Å². The normalized spacial score (nSPS) is 11.7. The summed E-state index contributed by atoms with van der Waals surface area (Å²) < 4.78 is 0. The monoisotopic (exact) mass is 390 g/mol. The van der Waals surface area contributed by atoms with Crippen molar-refractivity contribution < 1.29 is 9.59 Å². The molecule has 0 aliphatic carbocycles. The van der Waals surface area contributed by atoms with Crippen molar-refractivity contribution in [3.63, 3.8) is 0 Å². The van der Waals surface area contributed by atoms with Crippen LogP contribution in [0.15, 0.2) is 54.9 Å². The number of nitrogens with one attached hydrogen (secondary N) is 3. The van der Waals surface area contributed by atoms with Gasteiger partial charge in [0.2, 0.25) is 11.8 Å². The Bertz CT molecular complexity index is 958. The Balaban J connectivity index is 1.60. The number of hydrogen-bond acceptors (Lipinski definition) is 3. The Morgan fingerprint density at radius 2 is 1.72 bits per heavy atom. The van der Waals surface area contributed by atoms with Gasteiger partial charge in [0.15, 0.2) is 0 Å². The lowest BCUT2D eigenvalue weighted by Crippen LogP contribution is -2.34. The van der Waals surface area contributed by atoms with E-state index in [1.807, 2.05) is 63.2 Å². The van der Waals surface area contributed by atoms with Crippen LogP contribution >= 0.6 is 0 Å². The van der Waals surface area contributed by atoms with Crippen molar-refractivity contribution in [1.82, 2.24) is 15.3 Å². The van der Waals surface area contributed by atoms with E-state index >= 15 is 0 Å². The van der Waals surface area contributed by atoms with Gasteiger partial charge in [-0.25, -0.2) is 4.98 Å². The second-order valence-electron chi connectivity index (χ2n) is 7.24. The fourth-order valence-corrected chi connectivity index (χ4v) is 3.52. The van der Waals surface area contributed by atoms with Gasteiger partial charge >= 0.3 is 0 Å². The number of imidazole rings is 1. The number of aromatic nitrogens is 2. The molecule has 0 radical (unpaired) electrons. The Morgan fingerprint density at radius 1 is 1.03 bits per heavy atom. The maximum Gasteiger partial charge on any atom is 0.243 e. The van der Waals surface area contributed by atoms with Crippen molar-refractivity contribution in [1.29, 1.82) is 0 Å². The highest BCUT2D eigenvalue weighted by atomic mass is 16.2. The first-order valence-electron chi connectivity index (χ1n) is 9.62. The molecule has 0 unspecified atom stereocenters. The molecular weight excluding hydrogens is 364 g/mol. The van der Waals surface area contributed by atoms with Crippen LogP contribution in [0, 0.1) is 20.8 Å². The average Bonchev–Trinajstić information content (AvgIpc) is 3.22. The van der Waals surface area contributed by atoms with Crippen molar-refractivity contribution in [2.24, 2.45) is 0 Å². The van der Waals surface area contributed by atoms with Crippen LogP contribution in [0.3, 0.4) is 0 Å². The third-order valence-corrected chi connectivity index (χ3v) is 4.83. The first kappa shape index (κ1) is 20.3. The molecule has 2 amide bonds. The summed E-state index contributed by atoms with van der Waals surface area (Å²) in [6.45, 7) is 5.86. The molecule has 0 fully saturated rings. The molecule has 0 bridgehead atoms. The summed E-state index contributed by atoms with van der Waals surface area (Å²) in [5.74, 6) is 0.0722. The number of carbonyl (C=O) groups excluding carboxylic acids is 2. The molecule has 3 N–H and O–H groups in total. The summed E-state index contributed by atoms with van der Waals surface area (Å²) in [5, 5.41) is 5.62. The van der Waals surface area contributed by atoms with Gasteiger partial charge in [-0.2, -0.15) is 0 Å². The van der Waals surface area contributed by atoms with Gasteiger partial charge < -0.3 is 15.6 Å². The van der Waals surface area contributed by atoms with Crippen LogP contribution < -0.4 is 10.6 Å². The van der Waals surface area contributed by atoms with Crippen LogP contribution in [-0.2, 0) is 9.59 Å². The van der Waals surface area contributed by atoms with E-state index < -0.39 is 0 Å². The molecule has 1 heterocycles. The molecule has 1 aromatic heterocycles. The van der Waals surface area contributed by atoms with Crippen molar-refractivity contribution in [3.8, 4) is 0 Å². The van der Waals surface area contributed by atoms with Crippen LogP contribution in [0.4, 0.5) is 5.69 Å². The standard InChI is InChI=1S/C23H26N4O2/c1-15-11-16(2)22(17(3)12-15)27-21(29)14-26-20(28)13-19(23-24-9-10-25-23)18-7-5-4-6-8-18/h4-12,19H,13-14H2,1-3H3,(H,24,25)(H,26,28)(H,27,29)/t19-/m0/s1. The van der Waals surface area contributed by atoms with Gasteiger partial charge in [-0.1, -0.05) is 48.0 Å². The molecule has 0 saturated heterocycles. The predicted molar refractivity (Wildman–Crippen MR) is 114 cm³/mol. The van der Waals surface area contributed by atoms with Crippen molar-refractivity contribution in [2.75, 3.05) is 11.9 Å². The van der Waals surface area contributed by atoms with E-state index in [-0.39, 0.29) is 30.7 Å². The summed E-state index contributed by atoms with van der Waals surface area (Å²) in [5.41, 5.74) is 4.95. The first-order chi connectivity index (χ1) is 13.9. The number of carbonyl (C=O) groups is 2. The highest BCUT2D eigenvalue weighted by Gasteiger charge is 2.20. The van der Waals surface area contributed by atoms with Gasteiger partial charge in [0.1, 0.15) is 5.82 Å². The van der Waals surface area contributed by atoms with Gasteiger partial charge in [0.25, 0.3) is 0 Å². The summed E-state index contributed by atoms with van der Waals surface area (Å²) >= 11 is 0. The molecule has 6 heteroatoms. The lowest BCUT2D eigenvalue weighted by molar-refractivity contribution is -0.124. The highest BCUT2D eigenvalue weighted by molar-refractivity contribution is 5.95. The number of H-pyrrole nitrogens is 1. The Kier molecular flexibility index (Phi) is 6.44. The van der Waals surface area contributed by atoms with Crippen LogP contribution in [0.5, 0.6) is 0 Å². The zero-order valence-corrected chi connectivity index (χ0v) is 17.0. The lowest BCUT2D eigenvalue weighted by Gasteiger charge is -2.16. The molecule has 1 atom stereocenters. The van der Waals surface area contributed by atoms with E-state index in [0.29, 0.717) is 0 Å². The Labute approximate surface area is 170 Å². The molecular formula is C23H26N4O2. The van der Waals surface area contributed by atoms with Crippen LogP contribution in [-0.4, -0.2) is 28.3 Å². The molecule has 29 heavy (non-hydrogen) atoms. The molecule has 0 aliphatic heterocycles. The topological polar surface area (TPSA) is 86.9 Å². The number of aromatic amines is 1. The van der Waals surface area contributed by atoms with Gasteiger partial charge in [-0.15, -0.1) is 0 Å². The second kappa shape index (κ2) is 9.19. The molecule has 150 valence electrons. The quantitative estimate of drug-likeness (QED) is 0.576. The van der Waals surface area contributed by atoms with Crippen LogP contribution in [0.2, 0.25) is 0 Å². The zero-order valence-electron chi connectivity index (χ0n) is 17.0. The van der Waals surface area contributed by atoms with E-state index in [1.54, 1.807) is 12.4 Å². The fourth-order valence-electron chi connectivity index (χ4n) is 3.52. The van der Waals surface area contributed by atoms with Crippen LogP contribution in [0.1, 0.15) is 40.4 Å². The Morgan fingerprint density at radius 3 is 2.34 bits per heavy atom. The summed E-state index contributed by atoms with van der Waals surface area (Å²) in [6, 6.07) is 13.8. The molecule has 3 aromatic rings. The molecule has 0 saturated carbocycles. The largest absolute Gasteiger partial charge is 0.348 e. The fraction of sp³-hybridized carbons (Fsp3) is 0.261. The first-order valence-corrected chi connectivity index (χ1v) is 9.62. The van der Waals surface area contributed by atoms with E-state index in [0.717, 1.165) is 33.8 Å². The van der Waals surface area contributed by atoms with Crippen LogP contribution in [0.25, 0.3) is 0 Å². The molecule has 3 rings (SSSR count). The van der Waals surface area contributed by atoms with E-state index in [4.69, 9.17) is 0 Å². The summed E-state index contributed by atoms with van der Waals surface area (Å²) in [6.07, 6.45) is 3.61. The minimum atomic E-state index is -0.248. The third kappa shape index (κ3) is 5.31. The smallest absolute Gasteiger partial charge is 0.243 e. The summed E-state index contributed by atoms with van der Waals surface area (Å²) in [7, 11) is 0. The number of rotatable bonds is 7. The maximum atomic E-state index is 12.5. The van der Waals surface area contributed by atoms with Gasteiger partial charge in [-0.3, -0.25) is 9.59 Å². The number of anilines is 1. The molecule has 0 spiro atoms. The zero-order chi connectivity index (χ0) is 20.8. The molecule has 0 aliphatic rings.